The second-order valence-electron chi connectivity index (χ2n) is 3.36. The molecule has 0 bridgehead atoms. The molecule has 0 unspecified atom stereocenters. The van der Waals surface area contributed by atoms with Crippen LogP contribution in [0.1, 0.15) is 0 Å². The molecule has 2 nitrogen and oxygen atoms in total. The van der Waals surface area contributed by atoms with Crippen molar-refractivity contribution in [3.63, 3.8) is 0 Å². The topological polar surface area (TPSA) is 35.2 Å². The van der Waals surface area contributed by atoms with Crippen molar-refractivity contribution in [3.05, 3.63) is 51.7 Å². The Labute approximate surface area is 111 Å². The van der Waals surface area contributed by atoms with Crippen LogP contribution in [0.25, 0.3) is 0 Å². The first-order chi connectivity index (χ1) is 8.06. The lowest BCUT2D eigenvalue weighted by atomic mass is 10.3. The first-order valence-electron chi connectivity index (χ1n) is 4.74. The molecule has 0 saturated heterocycles. The summed E-state index contributed by atoms with van der Waals surface area (Å²) in [6.07, 6.45) is 0. The van der Waals surface area contributed by atoms with Gasteiger partial charge in [-0.05, 0) is 46.3 Å². The average Bonchev–Trinajstić information content (AvgIpc) is 2.27. The third-order valence-electron chi connectivity index (χ3n) is 2.09. The van der Waals surface area contributed by atoms with Gasteiger partial charge in [0.15, 0.2) is 5.75 Å². The van der Waals surface area contributed by atoms with E-state index in [0.29, 0.717) is 20.9 Å². The Bertz CT molecular complexity index is 562. The van der Waals surface area contributed by atoms with Gasteiger partial charge in [-0.3, -0.25) is 0 Å². The zero-order valence-electron chi connectivity index (χ0n) is 8.58. The second kappa shape index (κ2) is 4.94. The third-order valence-corrected chi connectivity index (χ3v) is 2.94. The van der Waals surface area contributed by atoms with Crippen molar-refractivity contribution in [2.24, 2.45) is 0 Å². The van der Waals surface area contributed by atoms with Gasteiger partial charge in [0.05, 0.1) is 10.2 Å². The molecule has 0 saturated carbocycles. The molecule has 0 heterocycles. The number of rotatable bonds is 2. The molecular formula is C12H8BrClFNO. The summed E-state index contributed by atoms with van der Waals surface area (Å²) < 4.78 is 19.2. The Hall–Kier alpha value is -1.26. The smallest absolute Gasteiger partial charge is 0.153 e. The minimum absolute atomic E-state index is 0.271. The number of hydrogen-bond donors (Lipinski definition) is 1. The van der Waals surface area contributed by atoms with Crippen LogP contribution < -0.4 is 10.5 Å². The Balaban J connectivity index is 2.34. The zero-order valence-corrected chi connectivity index (χ0v) is 10.9. The monoisotopic (exact) mass is 315 g/mol. The summed E-state index contributed by atoms with van der Waals surface area (Å²) >= 11 is 9.11. The molecule has 17 heavy (non-hydrogen) atoms. The van der Waals surface area contributed by atoms with E-state index in [1.165, 1.54) is 18.2 Å². The average molecular weight is 317 g/mol. The van der Waals surface area contributed by atoms with Crippen LogP contribution in [0.3, 0.4) is 0 Å². The van der Waals surface area contributed by atoms with Gasteiger partial charge in [0, 0.05) is 11.1 Å². The molecule has 0 amide bonds. The number of ether oxygens (including phenoxy) is 1. The minimum atomic E-state index is -0.403. The predicted molar refractivity (Wildman–Crippen MR) is 70.0 cm³/mol. The maximum Gasteiger partial charge on any atom is 0.153 e. The molecule has 2 rings (SSSR count). The minimum Gasteiger partial charge on any atom is -0.454 e. The molecule has 0 radical (unpaired) electrons. The molecule has 0 fully saturated rings. The van der Waals surface area contributed by atoms with Gasteiger partial charge in [-0.15, -0.1) is 0 Å². The van der Waals surface area contributed by atoms with Gasteiger partial charge in [-0.2, -0.15) is 0 Å². The summed E-state index contributed by atoms with van der Waals surface area (Å²) in [5.74, 6) is 0.388. The molecule has 2 aromatic carbocycles. The van der Waals surface area contributed by atoms with Crippen molar-refractivity contribution in [1.82, 2.24) is 0 Å². The number of benzene rings is 2. The molecule has 0 aliphatic heterocycles. The second-order valence-corrected chi connectivity index (χ2v) is 4.65. The highest BCUT2D eigenvalue weighted by molar-refractivity contribution is 9.10. The highest BCUT2D eigenvalue weighted by Gasteiger charge is 2.07. The summed E-state index contributed by atoms with van der Waals surface area (Å²) in [7, 11) is 0. The molecule has 5 heteroatoms. The van der Waals surface area contributed by atoms with Crippen LogP contribution in [0.2, 0.25) is 5.02 Å². The van der Waals surface area contributed by atoms with Crippen LogP contribution in [0, 0.1) is 5.82 Å². The third kappa shape index (κ3) is 2.90. The van der Waals surface area contributed by atoms with E-state index in [9.17, 15) is 4.39 Å². The van der Waals surface area contributed by atoms with E-state index in [4.69, 9.17) is 22.1 Å². The highest BCUT2D eigenvalue weighted by Crippen LogP contribution is 2.34. The fourth-order valence-corrected chi connectivity index (χ4v) is 2.04. The van der Waals surface area contributed by atoms with Gasteiger partial charge >= 0.3 is 0 Å². The van der Waals surface area contributed by atoms with E-state index in [2.05, 4.69) is 15.9 Å². The van der Waals surface area contributed by atoms with Gasteiger partial charge in [-0.25, -0.2) is 4.39 Å². The summed E-state index contributed by atoms with van der Waals surface area (Å²) in [5, 5.41) is 0.580. The van der Waals surface area contributed by atoms with Crippen molar-refractivity contribution in [2.75, 3.05) is 5.73 Å². The fraction of sp³-hybridized carbons (Fsp3) is 0. The van der Waals surface area contributed by atoms with Gasteiger partial charge in [0.1, 0.15) is 11.6 Å². The maximum atomic E-state index is 13.0. The molecular weight excluding hydrogens is 308 g/mol. The lowest BCUT2D eigenvalue weighted by Gasteiger charge is -2.10. The van der Waals surface area contributed by atoms with Gasteiger partial charge < -0.3 is 10.5 Å². The van der Waals surface area contributed by atoms with Gasteiger partial charge in [0.25, 0.3) is 0 Å². The number of halogens is 3. The molecule has 0 aliphatic carbocycles. The quantitative estimate of drug-likeness (QED) is 0.821. The van der Waals surface area contributed by atoms with E-state index in [1.807, 2.05) is 0 Å². The van der Waals surface area contributed by atoms with E-state index in [1.54, 1.807) is 18.2 Å². The summed E-state index contributed by atoms with van der Waals surface area (Å²) in [6, 6.07) is 9.00. The van der Waals surface area contributed by atoms with Crippen LogP contribution in [-0.4, -0.2) is 0 Å². The first kappa shape index (κ1) is 12.2. The lowest BCUT2D eigenvalue weighted by molar-refractivity contribution is 0.476. The van der Waals surface area contributed by atoms with E-state index >= 15 is 0 Å². The first-order valence-corrected chi connectivity index (χ1v) is 5.91. The summed E-state index contributed by atoms with van der Waals surface area (Å²) in [5.41, 5.74) is 6.05. The number of anilines is 1. The largest absolute Gasteiger partial charge is 0.454 e. The zero-order chi connectivity index (χ0) is 12.4. The highest BCUT2D eigenvalue weighted by atomic mass is 79.9. The van der Waals surface area contributed by atoms with Gasteiger partial charge in [0.2, 0.25) is 0 Å². The maximum absolute atomic E-state index is 13.0. The predicted octanol–water partition coefficient (Wildman–Crippen LogP) is 4.62. The van der Waals surface area contributed by atoms with Crippen LogP contribution in [-0.2, 0) is 0 Å². The van der Waals surface area contributed by atoms with Crippen molar-refractivity contribution in [1.29, 1.82) is 0 Å². The molecule has 2 N–H and O–H groups in total. The summed E-state index contributed by atoms with van der Waals surface area (Å²) in [4.78, 5) is 0. The van der Waals surface area contributed by atoms with Crippen molar-refractivity contribution >= 4 is 33.2 Å². The Morgan fingerprint density at radius 1 is 1.12 bits per heavy atom. The van der Waals surface area contributed by atoms with E-state index in [0.717, 1.165) is 0 Å². The summed E-state index contributed by atoms with van der Waals surface area (Å²) in [6.45, 7) is 0. The van der Waals surface area contributed by atoms with Crippen LogP contribution >= 0.6 is 27.5 Å². The van der Waals surface area contributed by atoms with E-state index < -0.39 is 5.82 Å². The Morgan fingerprint density at radius 2 is 1.88 bits per heavy atom. The SMILES string of the molecule is Nc1ccc(F)cc1Oc1ccc(Cl)cc1Br. The number of nitrogens with two attached hydrogens (primary N) is 1. The van der Waals surface area contributed by atoms with Crippen LogP contribution in [0.15, 0.2) is 40.9 Å². The molecule has 0 atom stereocenters. The fourth-order valence-electron chi connectivity index (χ4n) is 1.27. The molecule has 2 aromatic rings. The molecule has 0 aliphatic rings. The van der Waals surface area contributed by atoms with Gasteiger partial charge in [-0.1, -0.05) is 11.6 Å². The van der Waals surface area contributed by atoms with Crippen molar-refractivity contribution < 1.29 is 9.13 Å². The standard InChI is InChI=1S/C12H8BrClFNO/c13-9-5-7(14)1-4-11(9)17-12-6-8(15)2-3-10(12)16/h1-6H,16H2. The van der Waals surface area contributed by atoms with Crippen LogP contribution in [0.4, 0.5) is 10.1 Å². The number of nitrogen functional groups attached to an aromatic ring is 1. The Morgan fingerprint density at radius 3 is 2.59 bits per heavy atom. The van der Waals surface area contributed by atoms with Crippen molar-refractivity contribution in [2.45, 2.75) is 0 Å². The number of hydrogen-bond acceptors (Lipinski definition) is 2. The van der Waals surface area contributed by atoms with Crippen LogP contribution in [0.5, 0.6) is 11.5 Å². The Kier molecular flexibility index (Phi) is 3.54. The van der Waals surface area contributed by atoms with E-state index in [-0.39, 0.29) is 5.75 Å². The lowest BCUT2D eigenvalue weighted by Crippen LogP contribution is -1.93. The molecule has 0 spiro atoms. The molecule has 0 aromatic heterocycles. The molecule has 88 valence electrons. The van der Waals surface area contributed by atoms with Crippen molar-refractivity contribution in [3.8, 4) is 11.5 Å². The normalized spacial score (nSPS) is 10.3.